The first-order chi connectivity index (χ1) is 21.0. The Hall–Kier alpha value is -4.71. The highest BCUT2D eigenvalue weighted by atomic mass is 16.5. The molecule has 1 saturated heterocycles. The van der Waals surface area contributed by atoms with Crippen LogP contribution in [0.25, 0.3) is 10.9 Å². The number of hydrogen-bond donors (Lipinski definition) is 0. The second-order valence-electron chi connectivity index (χ2n) is 11.3. The predicted octanol–water partition coefficient (Wildman–Crippen LogP) is 6.89. The van der Waals surface area contributed by atoms with Crippen LogP contribution in [0, 0.1) is 6.92 Å². The highest BCUT2D eigenvalue weighted by Crippen LogP contribution is 2.38. The van der Waals surface area contributed by atoms with Crippen LogP contribution in [0.5, 0.6) is 11.5 Å². The molecule has 1 fully saturated rings. The van der Waals surface area contributed by atoms with Crippen LogP contribution in [-0.4, -0.2) is 55.8 Å². The minimum atomic E-state index is -0.173. The molecule has 0 bridgehead atoms. The first-order valence-electron chi connectivity index (χ1n) is 15.0. The number of para-hydroxylation sites is 2. The first-order valence-corrected chi connectivity index (χ1v) is 15.0. The lowest BCUT2D eigenvalue weighted by atomic mass is 9.87. The summed E-state index contributed by atoms with van der Waals surface area (Å²) < 4.78 is 13.6. The molecule has 1 amide bonds. The lowest BCUT2D eigenvalue weighted by Crippen LogP contribution is -2.49. The Morgan fingerprint density at radius 2 is 1.44 bits per heavy atom. The molecule has 6 rings (SSSR count). The largest absolute Gasteiger partial charge is 0.497 e. The van der Waals surface area contributed by atoms with Crippen LogP contribution >= 0.6 is 0 Å². The normalized spacial score (nSPS) is 14.1. The minimum absolute atomic E-state index is 0.163. The van der Waals surface area contributed by atoms with Crippen LogP contribution in [-0.2, 0) is 11.3 Å². The molecule has 1 aliphatic rings. The van der Waals surface area contributed by atoms with Gasteiger partial charge in [0.25, 0.3) is 0 Å². The number of aromatic nitrogens is 1. The standard InChI is InChI=1S/C37H39N3O3/c1-27-11-7-9-15-35(27)38-17-19-39(20-18-38)37(41)24-33(29-21-30(42-2)23-31(22-29)43-3)34-26-40(25-28-12-5-4-6-13-28)36-16-10-8-14-32(34)36/h4-16,21-23,26,33H,17-20,24-25H2,1-3H3/t33-/m1/s1. The van der Waals surface area contributed by atoms with Crippen molar-refractivity contribution in [3.63, 3.8) is 0 Å². The smallest absolute Gasteiger partial charge is 0.223 e. The van der Waals surface area contributed by atoms with E-state index in [1.54, 1.807) is 14.2 Å². The number of carbonyl (C=O) groups excluding carboxylic acids is 1. The predicted molar refractivity (Wildman–Crippen MR) is 173 cm³/mol. The number of amides is 1. The fourth-order valence-electron chi connectivity index (χ4n) is 6.32. The fourth-order valence-corrected chi connectivity index (χ4v) is 6.32. The van der Waals surface area contributed by atoms with E-state index in [1.165, 1.54) is 16.8 Å². The molecule has 4 aromatic carbocycles. The second-order valence-corrected chi connectivity index (χ2v) is 11.3. The summed E-state index contributed by atoms with van der Waals surface area (Å²) in [4.78, 5) is 18.5. The molecular weight excluding hydrogens is 534 g/mol. The Bertz CT molecular complexity index is 1680. The minimum Gasteiger partial charge on any atom is -0.497 e. The molecule has 0 spiro atoms. The van der Waals surface area contributed by atoms with Crippen LogP contribution < -0.4 is 14.4 Å². The number of nitrogens with zero attached hydrogens (tertiary/aromatic N) is 3. The second kappa shape index (κ2) is 12.7. The Balaban J connectivity index is 1.34. The molecule has 6 heteroatoms. The van der Waals surface area contributed by atoms with Crippen molar-refractivity contribution in [1.29, 1.82) is 0 Å². The van der Waals surface area contributed by atoms with Crippen molar-refractivity contribution in [2.75, 3.05) is 45.3 Å². The number of piperazine rings is 1. The van der Waals surface area contributed by atoms with E-state index in [1.807, 2.05) is 29.2 Å². The molecule has 1 aromatic heterocycles. The van der Waals surface area contributed by atoms with Crippen molar-refractivity contribution in [3.05, 3.63) is 126 Å². The van der Waals surface area contributed by atoms with Gasteiger partial charge in [-0.1, -0.05) is 66.7 Å². The number of anilines is 1. The molecule has 0 saturated carbocycles. The van der Waals surface area contributed by atoms with Crippen LogP contribution in [0.4, 0.5) is 5.69 Å². The van der Waals surface area contributed by atoms with Crippen molar-refractivity contribution in [3.8, 4) is 11.5 Å². The zero-order valence-electron chi connectivity index (χ0n) is 25.2. The number of rotatable bonds is 9. The molecule has 0 aliphatic carbocycles. The summed E-state index contributed by atoms with van der Waals surface area (Å²) in [6, 6.07) is 33.4. The Kier molecular flexibility index (Phi) is 8.36. The number of carbonyl (C=O) groups is 1. The molecule has 5 aromatic rings. The molecule has 0 N–H and O–H groups in total. The highest BCUT2D eigenvalue weighted by molar-refractivity contribution is 5.87. The molecule has 1 atom stereocenters. The molecule has 1 aliphatic heterocycles. The van der Waals surface area contributed by atoms with E-state index in [-0.39, 0.29) is 11.8 Å². The van der Waals surface area contributed by atoms with Crippen LogP contribution in [0.15, 0.2) is 103 Å². The molecule has 43 heavy (non-hydrogen) atoms. The number of hydrogen-bond acceptors (Lipinski definition) is 4. The van der Waals surface area contributed by atoms with E-state index in [2.05, 4.69) is 95.4 Å². The Morgan fingerprint density at radius 3 is 2.14 bits per heavy atom. The molecule has 2 heterocycles. The van der Waals surface area contributed by atoms with Crippen molar-refractivity contribution >= 4 is 22.5 Å². The quantitative estimate of drug-likeness (QED) is 0.193. The topological polar surface area (TPSA) is 46.9 Å². The van der Waals surface area contributed by atoms with Crippen LogP contribution in [0.1, 0.15) is 34.6 Å². The van der Waals surface area contributed by atoms with E-state index >= 15 is 0 Å². The summed E-state index contributed by atoms with van der Waals surface area (Å²) in [5.41, 5.74) is 7.04. The summed E-state index contributed by atoms with van der Waals surface area (Å²) in [7, 11) is 3.33. The lowest BCUT2D eigenvalue weighted by Gasteiger charge is -2.37. The molecule has 0 radical (unpaired) electrons. The third kappa shape index (κ3) is 6.09. The van der Waals surface area contributed by atoms with Gasteiger partial charge in [-0.25, -0.2) is 0 Å². The van der Waals surface area contributed by atoms with Crippen molar-refractivity contribution in [2.45, 2.75) is 25.8 Å². The maximum atomic E-state index is 14.0. The maximum absolute atomic E-state index is 14.0. The molecule has 0 unspecified atom stereocenters. The number of aryl methyl sites for hydroxylation is 1. The Labute approximate surface area is 254 Å². The van der Waals surface area contributed by atoms with Gasteiger partial charge in [0.2, 0.25) is 5.91 Å². The SMILES string of the molecule is COc1cc(OC)cc([C@@H](CC(=O)N2CCN(c3ccccc3C)CC2)c2cn(Cc3ccccc3)c3ccccc23)c1. The third-order valence-corrected chi connectivity index (χ3v) is 8.63. The van der Waals surface area contributed by atoms with Crippen molar-refractivity contribution in [1.82, 2.24) is 9.47 Å². The van der Waals surface area contributed by atoms with Gasteiger partial charge < -0.3 is 23.8 Å². The van der Waals surface area contributed by atoms with Gasteiger partial charge in [-0.2, -0.15) is 0 Å². The summed E-state index contributed by atoms with van der Waals surface area (Å²) in [6.07, 6.45) is 2.59. The number of benzene rings is 4. The fraction of sp³-hybridized carbons (Fsp3) is 0.270. The average molecular weight is 574 g/mol. The van der Waals surface area contributed by atoms with Gasteiger partial charge in [0.15, 0.2) is 0 Å². The van der Waals surface area contributed by atoms with Gasteiger partial charge >= 0.3 is 0 Å². The average Bonchev–Trinajstić information content (AvgIpc) is 3.41. The van der Waals surface area contributed by atoms with Gasteiger partial charge in [-0.3, -0.25) is 4.79 Å². The van der Waals surface area contributed by atoms with Gasteiger partial charge in [0, 0.05) is 73.9 Å². The monoisotopic (exact) mass is 573 g/mol. The van der Waals surface area contributed by atoms with Crippen LogP contribution in [0.2, 0.25) is 0 Å². The summed E-state index contributed by atoms with van der Waals surface area (Å²) >= 11 is 0. The van der Waals surface area contributed by atoms with E-state index in [9.17, 15) is 4.79 Å². The van der Waals surface area contributed by atoms with Gasteiger partial charge in [-0.05, 0) is 53.4 Å². The van der Waals surface area contributed by atoms with Gasteiger partial charge in [0.1, 0.15) is 11.5 Å². The molecular formula is C37H39N3O3. The van der Waals surface area contributed by atoms with E-state index < -0.39 is 0 Å². The van der Waals surface area contributed by atoms with Crippen molar-refractivity contribution < 1.29 is 14.3 Å². The van der Waals surface area contributed by atoms with E-state index in [0.29, 0.717) is 31.0 Å². The molecule has 6 nitrogen and oxygen atoms in total. The zero-order valence-corrected chi connectivity index (χ0v) is 25.2. The van der Waals surface area contributed by atoms with Gasteiger partial charge in [-0.15, -0.1) is 0 Å². The van der Waals surface area contributed by atoms with E-state index in [0.717, 1.165) is 41.7 Å². The first kappa shape index (κ1) is 28.4. The number of methoxy groups -OCH3 is 2. The highest BCUT2D eigenvalue weighted by Gasteiger charge is 2.28. The molecule has 220 valence electrons. The summed E-state index contributed by atoms with van der Waals surface area (Å²) in [6.45, 7) is 5.96. The van der Waals surface area contributed by atoms with Gasteiger partial charge in [0.05, 0.1) is 14.2 Å². The zero-order chi connectivity index (χ0) is 29.8. The Morgan fingerprint density at radius 1 is 0.791 bits per heavy atom. The van der Waals surface area contributed by atoms with E-state index in [4.69, 9.17) is 9.47 Å². The van der Waals surface area contributed by atoms with Crippen LogP contribution in [0.3, 0.4) is 0 Å². The summed E-state index contributed by atoms with van der Waals surface area (Å²) in [5, 5.41) is 1.15. The lowest BCUT2D eigenvalue weighted by molar-refractivity contribution is -0.131. The maximum Gasteiger partial charge on any atom is 0.223 e. The number of fused-ring (bicyclic) bond motifs is 1. The third-order valence-electron chi connectivity index (χ3n) is 8.63. The summed E-state index contributed by atoms with van der Waals surface area (Å²) in [5.74, 6) is 1.42. The number of ether oxygens (including phenoxy) is 2. The van der Waals surface area contributed by atoms with Crippen molar-refractivity contribution in [2.24, 2.45) is 0 Å².